The van der Waals surface area contributed by atoms with Gasteiger partial charge in [-0.1, -0.05) is 12.8 Å². The minimum Gasteiger partial charge on any atom is -0.481 e. The second-order valence-electron chi connectivity index (χ2n) is 13.0. The van der Waals surface area contributed by atoms with Crippen molar-refractivity contribution in [2.45, 2.75) is 121 Å². The average Bonchev–Trinajstić information content (AvgIpc) is 2.95. The minimum atomic E-state index is -1.03. The molecule has 4 fully saturated rings. The molecule has 0 heterocycles. The molecule has 0 bridgehead atoms. The van der Waals surface area contributed by atoms with E-state index in [2.05, 4.69) is 15.7 Å². The zero-order valence-electron chi connectivity index (χ0n) is 23.7. The maximum atomic E-state index is 13.0. The van der Waals surface area contributed by atoms with Gasteiger partial charge in [0.05, 0.1) is 25.0 Å². The summed E-state index contributed by atoms with van der Waals surface area (Å²) in [6, 6.07) is -0.420. The van der Waals surface area contributed by atoms with Crippen molar-refractivity contribution in [3.8, 4) is 0 Å². The van der Waals surface area contributed by atoms with Gasteiger partial charge >= 0.3 is 5.97 Å². The van der Waals surface area contributed by atoms with Gasteiger partial charge < -0.3 is 15.3 Å². The highest BCUT2D eigenvalue weighted by Gasteiger charge is 2.44. The molecule has 11 nitrogen and oxygen atoms in total. The Kier molecular flexibility index (Phi) is 12.0. The molecule has 5 unspecified atom stereocenters. The van der Waals surface area contributed by atoms with Gasteiger partial charge in [0.2, 0.25) is 11.9 Å². The van der Waals surface area contributed by atoms with E-state index >= 15 is 0 Å². The minimum absolute atomic E-state index is 0.00743. The van der Waals surface area contributed by atoms with Gasteiger partial charge in [-0.3, -0.25) is 25.0 Å². The summed E-state index contributed by atoms with van der Waals surface area (Å²) in [6.07, 6.45) is 14.7. The van der Waals surface area contributed by atoms with Crippen molar-refractivity contribution in [3.63, 3.8) is 0 Å². The number of nitrogens with zero attached hydrogens (tertiary/aromatic N) is 1. The number of hydrogen-bond acceptors (Lipinski definition) is 8. The Bertz CT molecular complexity index is 826. The molecule has 0 saturated heterocycles. The van der Waals surface area contributed by atoms with Gasteiger partial charge in [0, 0.05) is 29.8 Å². The van der Waals surface area contributed by atoms with Crippen molar-refractivity contribution in [3.05, 3.63) is 10.1 Å². The van der Waals surface area contributed by atoms with Gasteiger partial charge in [-0.05, 0) is 101 Å². The second-order valence-corrected chi connectivity index (χ2v) is 13.0. The summed E-state index contributed by atoms with van der Waals surface area (Å²) in [5, 5.41) is 32.7. The summed E-state index contributed by atoms with van der Waals surface area (Å²) in [7, 11) is 0. The van der Waals surface area contributed by atoms with Crippen LogP contribution in [0.3, 0.4) is 0 Å². The fraction of sp³-hybridized carbons (Fsp3) is 0.931. The molecular weight excluding hydrogens is 518 g/mol. The third-order valence-electron chi connectivity index (χ3n) is 10.4. The summed E-state index contributed by atoms with van der Waals surface area (Å²) < 4.78 is 0. The van der Waals surface area contributed by atoms with Crippen LogP contribution in [0.15, 0.2) is 0 Å². The van der Waals surface area contributed by atoms with Crippen molar-refractivity contribution in [1.82, 2.24) is 10.8 Å². The first-order chi connectivity index (χ1) is 19.3. The Morgan fingerprint density at radius 2 is 1.40 bits per heavy atom. The number of hydroxylamine groups is 1. The van der Waals surface area contributed by atoms with Crippen molar-refractivity contribution < 1.29 is 34.6 Å². The lowest BCUT2D eigenvalue weighted by Crippen LogP contribution is -2.48. The van der Waals surface area contributed by atoms with Crippen molar-refractivity contribution >= 4 is 11.9 Å². The molecule has 228 valence electrons. The zero-order chi connectivity index (χ0) is 28.5. The Hall–Kier alpha value is -1.82. The fourth-order valence-electron chi connectivity index (χ4n) is 7.86. The number of carbonyl (C=O) groups excluding carboxylic acids is 1. The second kappa shape index (κ2) is 15.4. The Labute approximate surface area is 237 Å². The van der Waals surface area contributed by atoms with Crippen molar-refractivity contribution in [2.24, 2.45) is 35.5 Å². The number of aliphatic carboxylic acids is 1. The van der Waals surface area contributed by atoms with E-state index < -0.39 is 23.8 Å². The van der Waals surface area contributed by atoms with Crippen LogP contribution in [-0.4, -0.2) is 58.5 Å². The molecule has 0 radical (unpaired) electrons. The molecule has 0 spiro atoms. The number of carboxylic acids is 1. The van der Waals surface area contributed by atoms with E-state index in [0.29, 0.717) is 37.0 Å². The normalized spacial score (nSPS) is 37.0. The largest absolute Gasteiger partial charge is 0.481 e. The van der Waals surface area contributed by atoms with E-state index in [-0.39, 0.29) is 36.1 Å². The van der Waals surface area contributed by atoms with E-state index in [1.54, 1.807) is 0 Å². The van der Waals surface area contributed by atoms with E-state index in [4.69, 9.17) is 10.1 Å². The van der Waals surface area contributed by atoms with Crippen LogP contribution in [0.5, 0.6) is 0 Å². The summed E-state index contributed by atoms with van der Waals surface area (Å²) in [6.45, 7) is 1.06. The van der Waals surface area contributed by atoms with Gasteiger partial charge in [-0.2, -0.15) is 5.48 Å². The van der Waals surface area contributed by atoms with Crippen LogP contribution < -0.4 is 10.8 Å². The molecule has 40 heavy (non-hydrogen) atoms. The third kappa shape index (κ3) is 8.84. The Morgan fingerprint density at radius 3 is 1.98 bits per heavy atom. The van der Waals surface area contributed by atoms with Crippen LogP contribution in [0.2, 0.25) is 0 Å². The lowest BCUT2D eigenvalue weighted by molar-refractivity contribution is -0.528. The van der Waals surface area contributed by atoms with Crippen molar-refractivity contribution in [2.75, 3.05) is 13.2 Å². The predicted octanol–water partition coefficient (Wildman–Crippen LogP) is 4.57. The Morgan fingerprint density at radius 1 is 0.800 bits per heavy atom. The first-order valence-corrected chi connectivity index (χ1v) is 15.6. The molecular formula is C29H49N3O8. The van der Waals surface area contributed by atoms with E-state index in [1.807, 2.05) is 0 Å². The molecule has 11 heteroatoms. The van der Waals surface area contributed by atoms with E-state index in [0.717, 1.165) is 57.3 Å². The van der Waals surface area contributed by atoms with Gasteiger partial charge in [0.15, 0.2) is 0 Å². The third-order valence-corrected chi connectivity index (χ3v) is 10.4. The van der Waals surface area contributed by atoms with Gasteiger partial charge in [0.25, 0.3) is 0 Å². The van der Waals surface area contributed by atoms with Crippen LogP contribution in [0.1, 0.15) is 103 Å². The Balaban J connectivity index is 1.11. The van der Waals surface area contributed by atoms with Gasteiger partial charge in [0.1, 0.15) is 0 Å². The molecule has 4 saturated carbocycles. The summed E-state index contributed by atoms with van der Waals surface area (Å²) >= 11 is 0. The average molecular weight is 568 g/mol. The predicted molar refractivity (Wildman–Crippen MR) is 147 cm³/mol. The lowest BCUT2D eigenvalue weighted by atomic mass is 9.75. The monoisotopic (exact) mass is 567 g/mol. The molecule has 0 aromatic rings. The molecule has 0 aromatic heterocycles. The molecule has 4 N–H and O–H groups in total. The smallest absolute Gasteiger partial charge is 0.307 e. The van der Waals surface area contributed by atoms with Crippen LogP contribution in [-0.2, 0) is 19.3 Å². The number of hydrogen-bond donors (Lipinski definition) is 4. The molecule has 4 aliphatic carbocycles. The highest BCUT2D eigenvalue weighted by atomic mass is 17.1. The van der Waals surface area contributed by atoms with Crippen LogP contribution in [0.25, 0.3) is 0 Å². The first kappa shape index (κ1) is 31.1. The molecule has 0 aromatic carbocycles. The number of nitro groups is 1. The summed E-state index contributed by atoms with van der Waals surface area (Å²) in [5.74, 6) is -0.853. The van der Waals surface area contributed by atoms with Crippen LogP contribution in [0.4, 0.5) is 0 Å². The van der Waals surface area contributed by atoms with E-state index in [9.17, 15) is 24.8 Å². The molecule has 4 rings (SSSR count). The molecule has 1 amide bonds. The maximum absolute atomic E-state index is 13.0. The number of amides is 1. The quantitative estimate of drug-likeness (QED) is 0.150. The number of carbonyl (C=O) groups is 2. The number of rotatable bonds is 12. The van der Waals surface area contributed by atoms with Gasteiger partial charge in [-0.15, -0.1) is 0 Å². The van der Waals surface area contributed by atoms with E-state index in [1.165, 1.54) is 32.1 Å². The molecule has 4 aliphatic rings. The molecule has 0 aliphatic heterocycles. The maximum Gasteiger partial charge on any atom is 0.307 e. The number of nitrogens with one attached hydrogen (secondary N) is 2. The topological polar surface area (TPSA) is 160 Å². The summed E-state index contributed by atoms with van der Waals surface area (Å²) in [5.41, 5.74) is 3.31. The standard InChI is InChI=1S/C29H49N3O8/c33-28(27-16-25(32(36)37)13-14-26(27)29(34)35)30-23-9-5-19(6-10-23)15-20-7-11-24(12-8-20)31-39-17-21-3-1-2-4-22(21)18-40-38/h19-27,31,38H,1-18H2,(H,30,33)(H,34,35). The zero-order valence-corrected chi connectivity index (χ0v) is 23.7. The lowest BCUT2D eigenvalue weighted by Gasteiger charge is -2.36. The number of carboxylic acid groups (broad SMARTS) is 1. The highest BCUT2D eigenvalue weighted by molar-refractivity contribution is 5.85. The van der Waals surface area contributed by atoms with Crippen LogP contribution in [0, 0.1) is 45.6 Å². The summed E-state index contributed by atoms with van der Waals surface area (Å²) in [4.78, 5) is 45.8. The molecule has 5 atom stereocenters. The van der Waals surface area contributed by atoms with Crippen LogP contribution >= 0.6 is 0 Å². The fourth-order valence-corrected chi connectivity index (χ4v) is 7.86. The SMILES string of the molecule is O=C(O)C1CCC([N+](=O)[O-])CC1C(=O)NC1CCC(CC2CCC(NOCC3CCCCC3COO)CC2)CC1. The van der Waals surface area contributed by atoms with Gasteiger partial charge in [-0.25, -0.2) is 4.89 Å². The van der Waals surface area contributed by atoms with Crippen molar-refractivity contribution in [1.29, 1.82) is 0 Å². The highest BCUT2D eigenvalue weighted by Crippen LogP contribution is 2.37. The first-order valence-electron chi connectivity index (χ1n) is 15.6.